The topological polar surface area (TPSA) is 60.9 Å². The van der Waals surface area contributed by atoms with Crippen LogP contribution in [-0.4, -0.2) is 15.7 Å². The number of thioether (sulfide) groups is 1. The van der Waals surface area contributed by atoms with Gasteiger partial charge >= 0.3 is 0 Å². The van der Waals surface area contributed by atoms with E-state index in [2.05, 4.69) is 5.10 Å². The molecule has 1 aromatic heterocycles. The first-order chi connectivity index (χ1) is 9.58. The molecule has 0 atom stereocenters. The number of nitrogens with zero attached hydrogens (tertiary/aromatic N) is 2. The summed E-state index contributed by atoms with van der Waals surface area (Å²) >= 11 is 7.83. The number of benzene rings is 1. The Morgan fingerprint density at radius 2 is 2.15 bits per heavy atom. The zero-order valence-electron chi connectivity index (χ0n) is 10.9. The maximum absolute atomic E-state index is 10.8. The second-order valence-electron chi connectivity index (χ2n) is 4.11. The van der Waals surface area contributed by atoms with Gasteiger partial charge in [0.1, 0.15) is 5.15 Å². The van der Waals surface area contributed by atoms with Gasteiger partial charge in [0.15, 0.2) is 0 Å². The highest BCUT2D eigenvalue weighted by Gasteiger charge is 2.12. The van der Waals surface area contributed by atoms with Crippen molar-refractivity contribution in [3.05, 3.63) is 52.8 Å². The minimum atomic E-state index is -0.508. The predicted molar refractivity (Wildman–Crippen MR) is 82.4 cm³/mol. The molecule has 2 rings (SSSR count). The number of halogens is 1. The number of rotatable bonds is 5. The molecule has 0 spiro atoms. The van der Waals surface area contributed by atoms with E-state index in [9.17, 15) is 4.79 Å². The van der Waals surface area contributed by atoms with Crippen molar-refractivity contribution in [2.75, 3.05) is 0 Å². The molecule has 2 N–H and O–H groups in total. The molecule has 0 saturated carbocycles. The summed E-state index contributed by atoms with van der Waals surface area (Å²) in [6.07, 6.45) is 2.90. The molecule has 0 saturated heterocycles. The molecular formula is C14H14ClN3OS. The van der Waals surface area contributed by atoms with E-state index in [-0.39, 0.29) is 0 Å². The number of hydrogen-bond acceptors (Lipinski definition) is 3. The fraction of sp³-hybridized carbons (Fsp3) is 0.143. The molecule has 0 aliphatic rings. The van der Waals surface area contributed by atoms with Crippen molar-refractivity contribution in [1.82, 2.24) is 9.78 Å². The second-order valence-corrected chi connectivity index (χ2v) is 5.52. The molecule has 104 valence electrons. The van der Waals surface area contributed by atoms with Gasteiger partial charge in [0, 0.05) is 29.3 Å². The van der Waals surface area contributed by atoms with E-state index in [0.29, 0.717) is 10.9 Å². The van der Waals surface area contributed by atoms with Crippen LogP contribution in [0.1, 0.15) is 11.3 Å². The Kier molecular flexibility index (Phi) is 4.87. The van der Waals surface area contributed by atoms with Crippen molar-refractivity contribution >= 4 is 35.3 Å². The molecule has 4 nitrogen and oxygen atoms in total. The fourth-order valence-electron chi connectivity index (χ4n) is 1.68. The first kappa shape index (κ1) is 14.7. The molecule has 1 aromatic carbocycles. The van der Waals surface area contributed by atoms with Crippen LogP contribution >= 0.6 is 23.4 Å². The lowest BCUT2D eigenvalue weighted by atomic mass is 10.2. The van der Waals surface area contributed by atoms with E-state index >= 15 is 0 Å². The van der Waals surface area contributed by atoms with Gasteiger partial charge in [-0.2, -0.15) is 5.10 Å². The highest BCUT2D eigenvalue weighted by molar-refractivity contribution is 7.98. The number of nitrogens with two attached hydrogens (primary N) is 1. The molecule has 20 heavy (non-hydrogen) atoms. The lowest BCUT2D eigenvalue weighted by Crippen LogP contribution is -2.05. The standard InChI is InChI=1S/C14H14ClN3OS/c1-18-14(15)11(7-8-13(16)19)12(17-18)9-20-10-5-3-2-4-6-10/h2-8H,9H2,1H3,(H2,16,19)/b8-7-. The Balaban J connectivity index is 2.19. The molecule has 1 amide bonds. The van der Waals surface area contributed by atoms with Crippen LogP contribution in [0.2, 0.25) is 5.15 Å². The zero-order chi connectivity index (χ0) is 14.5. The Labute approximate surface area is 126 Å². The third kappa shape index (κ3) is 3.65. The van der Waals surface area contributed by atoms with E-state index in [0.717, 1.165) is 16.2 Å². The van der Waals surface area contributed by atoms with Crippen LogP contribution in [0.3, 0.4) is 0 Å². The van der Waals surface area contributed by atoms with Crippen molar-refractivity contribution < 1.29 is 4.79 Å². The van der Waals surface area contributed by atoms with Crippen LogP contribution in [0.4, 0.5) is 0 Å². The Morgan fingerprint density at radius 3 is 2.80 bits per heavy atom. The highest BCUT2D eigenvalue weighted by atomic mass is 35.5. The third-order valence-electron chi connectivity index (χ3n) is 2.62. The number of aromatic nitrogens is 2. The fourth-order valence-corrected chi connectivity index (χ4v) is 2.75. The molecule has 0 fully saturated rings. The molecule has 0 aliphatic heterocycles. The van der Waals surface area contributed by atoms with E-state index in [1.807, 2.05) is 30.3 Å². The van der Waals surface area contributed by atoms with Crippen LogP contribution in [0.5, 0.6) is 0 Å². The van der Waals surface area contributed by atoms with Gasteiger partial charge in [-0.3, -0.25) is 9.48 Å². The third-order valence-corrected chi connectivity index (χ3v) is 4.09. The van der Waals surface area contributed by atoms with Crippen molar-refractivity contribution in [3.63, 3.8) is 0 Å². The average Bonchev–Trinajstić information content (AvgIpc) is 2.71. The number of hydrogen-bond donors (Lipinski definition) is 1. The van der Waals surface area contributed by atoms with Crippen molar-refractivity contribution in [2.45, 2.75) is 10.6 Å². The SMILES string of the molecule is Cn1nc(CSc2ccccc2)c(/C=C\C(N)=O)c1Cl. The molecule has 0 radical (unpaired) electrons. The number of primary amides is 1. The Morgan fingerprint density at radius 1 is 1.45 bits per heavy atom. The summed E-state index contributed by atoms with van der Waals surface area (Å²) in [4.78, 5) is 12.0. The predicted octanol–water partition coefficient (Wildman–Crippen LogP) is 2.86. The van der Waals surface area contributed by atoms with E-state index < -0.39 is 5.91 Å². The van der Waals surface area contributed by atoms with Gasteiger partial charge in [0.2, 0.25) is 5.91 Å². The zero-order valence-corrected chi connectivity index (χ0v) is 12.5. The number of carbonyl (C=O) groups is 1. The van der Waals surface area contributed by atoms with Crippen LogP contribution in [0, 0.1) is 0 Å². The van der Waals surface area contributed by atoms with Crippen LogP contribution < -0.4 is 5.73 Å². The second kappa shape index (κ2) is 6.63. The monoisotopic (exact) mass is 307 g/mol. The van der Waals surface area contributed by atoms with E-state index in [1.54, 1.807) is 29.6 Å². The average molecular weight is 308 g/mol. The minimum Gasteiger partial charge on any atom is -0.366 e. The maximum atomic E-state index is 10.8. The van der Waals surface area contributed by atoms with Gasteiger partial charge in [0.05, 0.1) is 5.69 Å². The van der Waals surface area contributed by atoms with Crippen molar-refractivity contribution in [3.8, 4) is 0 Å². The summed E-state index contributed by atoms with van der Waals surface area (Å²) in [6, 6.07) is 10.0. The quantitative estimate of drug-likeness (QED) is 0.682. The summed E-state index contributed by atoms with van der Waals surface area (Å²) in [5, 5.41) is 4.86. The first-order valence-corrected chi connectivity index (χ1v) is 7.31. The summed E-state index contributed by atoms with van der Waals surface area (Å²) in [5.41, 5.74) is 6.67. The summed E-state index contributed by atoms with van der Waals surface area (Å²) in [6.45, 7) is 0. The normalized spacial score (nSPS) is 11.1. The van der Waals surface area contributed by atoms with Crippen LogP contribution in [0.15, 0.2) is 41.3 Å². The van der Waals surface area contributed by atoms with Gasteiger partial charge in [-0.25, -0.2) is 0 Å². The molecule has 0 aliphatic carbocycles. The van der Waals surface area contributed by atoms with E-state index in [1.165, 1.54) is 6.08 Å². The molecule has 0 unspecified atom stereocenters. The van der Waals surface area contributed by atoms with E-state index in [4.69, 9.17) is 17.3 Å². The summed E-state index contributed by atoms with van der Waals surface area (Å²) < 4.78 is 1.59. The molecular weight excluding hydrogens is 294 g/mol. The van der Waals surface area contributed by atoms with Gasteiger partial charge in [-0.1, -0.05) is 29.8 Å². The first-order valence-electron chi connectivity index (χ1n) is 5.94. The van der Waals surface area contributed by atoms with Crippen LogP contribution in [0.25, 0.3) is 6.08 Å². The lowest BCUT2D eigenvalue weighted by Gasteiger charge is -2.00. The molecule has 2 aromatic rings. The van der Waals surface area contributed by atoms with Gasteiger partial charge < -0.3 is 5.73 Å². The minimum absolute atomic E-state index is 0.492. The smallest absolute Gasteiger partial charge is 0.241 e. The number of amides is 1. The highest BCUT2D eigenvalue weighted by Crippen LogP contribution is 2.27. The largest absolute Gasteiger partial charge is 0.366 e. The van der Waals surface area contributed by atoms with Crippen molar-refractivity contribution in [2.24, 2.45) is 12.8 Å². The molecule has 6 heteroatoms. The lowest BCUT2D eigenvalue weighted by molar-refractivity contribution is -0.113. The Bertz CT molecular complexity index is 637. The molecule has 0 bridgehead atoms. The maximum Gasteiger partial charge on any atom is 0.241 e. The van der Waals surface area contributed by atoms with Gasteiger partial charge in [0.25, 0.3) is 0 Å². The number of carbonyl (C=O) groups excluding carboxylic acids is 1. The number of aryl methyl sites for hydroxylation is 1. The van der Waals surface area contributed by atoms with Crippen molar-refractivity contribution in [1.29, 1.82) is 0 Å². The summed E-state index contributed by atoms with van der Waals surface area (Å²) in [7, 11) is 1.76. The van der Waals surface area contributed by atoms with Gasteiger partial charge in [-0.15, -0.1) is 11.8 Å². The summed E-state index contributed by atoms with van der Waals surface area (Å²) in [5.74, 6) is 0.162. The van der Waals surface area contributed by atoms with Gasteiger partial charge in [-0.05, 0) is 18.2 Å². The molecule has 1 heterocycles. The van der Waals surface area contributed by atoms with Crippen LogP contribution in [-0.2, 0) is 17.6 Å². The Hall–Kier alpha value is -1.72.